The highest BCUT2D eigenvalue weighted by Gasteiger charge is 2.40. The number of carbonyl (C=O) groups is 1. The second-order valence-corrected chi connectivity index (χ2v) is 17.7. The number of hydrogen-bond donors (Lipinski definition) is 5. The molecule has 0 radical (unpaired) electrons. The summed E-state index contributed by atoms with van der Waals surface area (Å²) in [5.41, 5.74) is 4.50. The molecule has 42 heavy (non-hydrogen) atoms. The van der Waals surface area contributed by atoms with Crippen LogP contribution in [0.25, 0.3) is 0 Å². The number of aliphatic hydroxyl groups excluding tert-OH is 1. The minimum absolute atomic E-state index is 0.0682. The normalized spacial score (nSPS) is 13.5. The van der Waals surface area contributed by atoms with Crippen LogP contribution in [-0.4, -0.2) is 41.8 Å². The quantitative estimate of drug-likeness (QED) is 0.127. The molecule has 3 aromatic carbocycles. The fourth-order valence-electron chi connectivity index (χ4n) is 4.89. The molecular formula is C33H44Cl2N2O4Si. The number of amides is 1. The van der Waals surface area contributed by atoms with E-state index in [0.29, 0.717) is 28.7 Å². The number of halogens is 2. The Labute approximate surface area is 261 Å². The molecule has 5 N–H and O–H groups in total. The fourth-order valence-corrected chi connectivity index (χ4v) is 5.96. The van der Waals surface area contributed by atoms with E-state index in [0.717, 1.165) is 35.1 Å². The molecule has 0 spiro atoms. The molecule has 0 aliphatic carbocycles. The van der Waals surface area contributed by atoms with Crippen LogP contribution < -0.4 is 10.6 Å². The highest BCUT2D eigenvalue weighted by Crippen LogP contribution is 2.44. The molecule has 0 saturated heterocycles. The summed E-state index contributed by atoms with van der Waals surface area (Å²) in [6, 6.07) is 19.0. The topological polar surface area (TPSA) is 102 Å². The Morgan fingerprint density at radius 1 is 0.976 bits per heavy atom. The van der Waals surface area contributed by atoms with Crippen LogP contribution >= 0.6 is 23.2 Å². The third-order valence-electron chi connectivity index (χ3n) is 8.24. The van der Waals surface area contributed by atoms with Gasteiger partial charge in [0.05, 0.1) is 23.1 Å². The molecule has 3 aromatic rings. The van der Waals surface area contributed by atoms with Gasteiger partial charge in [0.15, 0.2) is 8.32 Å². The molecule has 6 nitrogen and oxygen atoms in total. The van der Waals surface area contributed by atoms with Gasteiger partial charge in [0.25, 0.3) is 0 Å². The first-order chi connectivity index (χ1) is 19.7. The zero-order valence-corrected chi connectivity index (χ0v) is 27.7. The van der Waals surface area contributed by atoms with Gasteiger partial charge >= 0.3 is 0 Å². The molecular weight excluding hydrogens is 587 g/mol. The van der Waals surface area contributed by atoms with E-state index in [1.165, 1.54) is 0 Å². The minimum atomic E-state index is -2.45. The smallest absolute Gasteiger partial charge is 0.224 e. The van der Waals surface area contributed by atoms with E-state index in [2.05, 4.69) is 43.5 Å². The number of carbonyl (C=O) groups excluding carboxylic acids is 1. The first kappa shape index (κ1) is 34.1. The molecule has 0 bridgehead atoms. The summed E-state index contributed by atoms with van der Waals surface area (Å²) in [7, 11) is -2.45. The number of nitrogens with one attached hydrogen (secondary N) is 2. The van der Waals surface area contributed by atoms with Crippen LogP contribution in [0.1, 0.15) is 60.9 Å². The van der Waals surface area contributed by atoms with Gasteiger partial charge in [0, 0.05) is 24.7 Å². The molecule has 1 amide bonds. The molecule has 3 rings (SSSR count). The van der Waals surface area contributed by atoms with Crippen LogP contribution in [0.15, 0.2) is 60.7 Å². The van der Waals surface area contributed by atoms with Crippen molar-refractivity contribution in [2.24, 2.45) is 0 Å². The summed E-state index contributed by atoms with van der Waals surface area (Å²) in [5.74, 6) is 0.0968. The number of aliphatic hydroxyl groups is 1. The largest absolute Gasteiger partial charge is 0.508 e. The van der Waals surface area contributed by atoms with E-state index in [1.807, 2.05) is 43.4 Å². The van der Waals surface area contributed by atoms with Crippen molar-refractivity contribution >= 4 is 37.4 Å². The van der Waals surface area contributed by atoms with Gasteiger partial charge in [0.1, 0.15) is 5.75 Å². The van der Waals surface area contributed by atoms with Gasteiger partial charge in [-0.05, 0) is 90.3 Å². The predicted molar refractivity (Wildman–Crippen MR) is 175 cm³/mol. The maximum atomic E-state index is 12.6. The number of aromatic hydroxyl groups is 1. The Morgan fingerprint density at radius 3 is 2.36 bits per heavy atom. The predicted octanol–water partition coefficient (Wildman–Crippen LogP) is 6.72. The summed E-state index contributed by atoms with van der Waals surface area (Å²) in [6.45, 7) is 11.1. The van der Waals surface area contributed by atoms with Crippen molar-refractivity contribution in [3.05, 3.63) is 98.5 Å². The van der Waals surface area contributed by atoms with Crippen molar-refractivity contribution in [2.75, 3.05) is 6.54 Å². The van der Waals surface area contributed by atoms with Crippen LogP contribution in [0.3, 0.4) is 0 Å². The third kappa shape index (κ3) is 9.83. The second kappa shape index (κ2) is 14.9. The van der Waals surface area contributed by atoms with Crippen LogP contribution in [0.4, 0.5) is 0 Å². The number of phenols is 1. The van der Waals surface area contributed by atoms with Gasteiger partial charge in [0.2, 0.25) is 5.91 Å². The van der Waals surface area contributed by atoms with Gasteiger partial charge in [-0.15, -0.1) is 0 Å². The average Bonchev–Trinajstić information content (AvgIpc) is 2.91. The SMILES string of the molecule is C[C@H](Cc1cccc(CC(=O)NCc2ccc(Cl)c(Cl)c2)c1)NC[C@H](CC(C)(C)[Si](C)(C)O)c1ccc(O)c(CO)c1. The van der Waals surface area contributed by atoms with Crippen LogP contribution in [0, 0.1) is 0 Å². The van der Waals surface area contributed by atoms with E-state index in [9.17, 15) is 19.8 Å². The zero-order chi connectivity index (χ0) is 31.1. The maximum absolute atomic E-state index is 12.6. The third-order valence-corrected chi connectivity index (χ3v) is 12.5. The lowest BCUT2D eigenvalue weighted by Gasteiger charge is -2.38. The summed E-state index contributed by atoms with van der Waals surface area (Å²) in [5, 5.41) is 27.1. The van der Waals surface area contributed by atoms with Crippen LogP contribution in [-0.2, 0) is 30.8 Å². The van der Waals surface area contributed by atoms with Gasteiger partial charge in [-0.3, -0.25) is 4.79 Å². The molecule has 0 aliphatic rings. The summed E-state index contributed by atoms with van der Waals surface area (Å²) < 4.78 is 0. The van der Waals surface area contributed by atoms with Gasteiger partial charge in [-0.2, -0.15) is 0 Å². The van der Waals surface area contributed by atoms with Gasteiger partial charge < -0.3 is 25.6 Å². The molecule has 0 saturated carbocycles. The highest BCUT2D eigenvalue weighted by molar-refractivity contribution is 6.72. The highest BCUT2D eigenvalue weighted by atomic mass is 35.5. The van der Waals surface area contributed by atoms with Crippen molar-refractivity contribution in [3.63, 3.8) is 0 Å². The lowest BCUT2D eigenvalue weighted by molar-refractivity contribution is -0.120. The Balaban J connectivity index is 1.62. The zero-order valence-electron chi connectivity index (χ0n) is 25.2. The number of benzene rings is 3. The van der Waals surface area contributed by atoms with Crippen molar-refractivity contribution in [1.82, 2.24) is 10.6 Å². The van der Waals surface area contributed by atoms with Crippen molar-refractivity contribution in [1.29, 1.82) is 0 Å². The standard InChI is InChI=1S/C33H44Cl2N2O4Si/c1-22(36-20-28(18-33(2,3)42(4,5)41)26-10-12-31(39)27(17-26)21-38)13-23-7-6-8-24(14-23)16-32(40)37-19-25-9-11-29(34)30(35)15-25/h6-12,14-15,17,22,28,36,38-39,41H,13,16,18-21H2,1-5H3,(H,37,40)/t22-,28+/m1/s1. The minimum Gasteiger partial charge on any atom is -0.508 e. The van der Waals surface area contributed by atoms with Crippen molar-refractivity contribution in [3.8, 4) is 5.75 Å². The van der Waals surface area contributed by atoms with E-state index in [1.54, 1.807) is 18.2 Å². The monoisotopic (exact) mass is 630 g/mol. The molecule has 228 valence electrons. The number of hydrogen-bond acceptors (Lipinski definition) is 5. The summed E-state index contributed by atoms with van der Waals surface area (Å²) in [4.78, 5) is 23.6. The first-order valence-corrected chi connectivity index (χ1v) is 18.1. The lowest BCUT2D eigenvalue weighted by Crippen LogP contribution is -2.41. The second-order valence-electron chi connectivity index (χ2n) is 12.4. The molecule has 0 unspecified atom stereocenters. The number of rotatable bonds is 14. The van der Waals surface area contributed by atoms with E-state index >= 15 is 0 Å². The maximum Gasteiger partial charge on any atom is 0.224 e. The average molecular weight is 632 g/mol. The molecule has 2 atom stereocenters. The van der Waals surface area contributed by atoms with Crippen LogP contribution in [0.2, 0.25) is 28.2 Å². The molecule has 0 fully saturated rings. The van der Waals surface area contributed by atoms with Crippen molar-refractivity contribution < 1.29 is 19.8 Å². The van der Waals surface area contributed by atoms with Gasteiger partial charge in [-0.1, -0.05) is 73.4 Å². The summed E-state index contributed by atoms with van der Waals surface area (Å²) >= 11 is 12.1. The Hall–Kier alpha value is -2.39. The molecule has 0 heterocycles. The Kier molecular flexibility index (Phi) is 12.1. The van der Waals surface area contributed by atoms with E-state index in [-0.39, 0.29) is 41.7 Å². The van der Waals surface area contributed by atoms with Crippen molar-refractivity contribution in [2.45, 2.75) is 83.3 Å². The first-order valence-electron chi connectivity index (χ1n) is 14.4. The summed E-state index contributed by atoms with van der Waals surface area (Å²) in [6.07, 6.45) is 1.83. The van der Waals surface area contributed by atoms with E-state index in [4.69, 9.17) is 23.2 Å². The Bertz CT molecular complexity index is 1360. The van der Waals surface area contributed by atoms with Gasteiger partial charge in [-0.25, -0.2) is 0 Å². The Morgan fingerprint density at radius 2 is 1.69 bits per heavy atom. The fraction of sp³-hybridized carbons (Fsp3) is 0.424. The molecule has 0 aromatic heterocycles. The molecule has 0 aliphatic heterocycles. The van der Waals surface area contributed by atoms with E-state index < -0.39 is 8.32 Å². The molecule has 9 heteroatoms. The lowest BCUT2D eigenvalue weighted by atomic mass is 9.88. The van der Waals surface area contributed by atoms with Crippen LogP contribution in [0.5, 0.6) is 5.75 Å².